The molecule has 6 heteroatoms. The summed E-state index contributed by atoms with van der Waals surface area (Å²) < 4.78 is 7.50. The molecule has 0 aliphatic carbocycles. The van der Waals surface area contributed by atoms with Crippen LogP contribution in [-0.2, 0) is 0 Å². The SMILES string of the molecule is C=C(c1ccccc1)c1nnc(/C=C/c2ccc(-n3cnc(C)c3)c(OC)c2)[nH]1. The van der Waals surface area contributed by atoms with Crippen molar-refractivity contribution < 1.29 is 4.74 Å². The van der Waals surface area contributed by atoms with E-state index in [2.05, 4.69) is 26.7 Å². The molecule has 6 nitrogen and oxygen atoms in total. The highest BCUT2D eigenvalue weighted by atomic mass is 16.5. The molecular weight excluding hydrogens is 362 g/mol. The number of nitrogens with zero attached hydrogens (tertiary/aromatic N) is 4. The van der Waals surface area contributed by atoms with Crippen LogP contribution in [0.25, 0.3) is 23.4 Å². The fourth-order valence-electron chi connectivity index (χ4n) is 3.00. The maximum Gasteiger partial charge on any atom is 0.161 e. The summed E-state index contributed by atoms with van der Waals surface area (Å²) in [6.07, 6.45) is 7.58. The van der Waals surface area contributed by atoms with Gasteiger partial charge in [0, 0.05) is 11.8 Å². The monoisotopic (exact) mass is 383 g/mol. The molecule has 1 N–H and O–H groups in total. The summed E-state index contributed by atoms with van der Waals surface area (Å²) in [6.45, 7) is 6.06. The third kappa shape index (κ3) is 4.01. The molecule has 2 heterocycles. The summed E-state index contributed by atoms with van der Waals surface area (Å²) in [5.74, 6) is 2.07. The summed E-state index contributed by atoms with van der Waals surface area (Å²) in [4.78, 5) is 7.47. The van der Waals surface area contributed by atoms with E-state index in [1.807, 2.05) is 78.4 Å². The van der Waals surface area contributed by atoms with Crippen molar-refractivity contribution >= 4 is 17.7 Å². The van der Waals surface area contributed by atoms with Crippen molar-refractivity contribution in [1.29, 1.82) is 0 Å². The fraction of sp³-hybridized carbons (Fsp3) is 0.0870. The zero-order valence-electron chi connectivity index (χ0n) is 16.3. The Bertz CT molecular complexity index is 1170. The van der Waals surface area contributed by atoms with Gasteiger partial charge in [0.25, 0.3) is 0 Å². The topological polar surface area (TPSA) is 68.6 Å². The van der Waals surface area contributed by atoms with Crippen molar-refractivity contribution in [2.24, 2.45) is 0 Å². The number of hydrogen-bond donors (Lipinski definition) is 1. The minimum atomic E-state index is 0.652. The van der Waals surface area contributed by atoms with Gasteiger partial charge < -0.3 is 14.3 Å². The van der Waals surface area contributed by atoms with Crippen LogP contribution in [0.5, 0.6) is 5.75 Å². The van der Waals surface area contributed by atoms with Gasteiger partial charge in [0.15, 0.2) is 11.6 Å². The second-order valence-electron chi connectivity index (χ2n) is 6.59. The first-order valence-corrected chi connectivity index (χ1v) is 9.18. The molecule has 0 bridgehead atoms. The maximum atomic E-state index is 5.56. The van der Waals surface area contributed by atoms with E-state index in [9.17, 15) is 0 Å². The van der Waals surface area contributed by atoms with Crippen LogP contribution in [-0.4, -0.2) is 31.8 Å². The molecule has 4 aromatic rings. The first-order valence-electron chi connectivity index (χ1n) is 9.18. The number of benzene rings is 2. The van der Waals surface area contributed by atoms with Crippen molar-refractivity contribution in [3.63, 3.8) is 0 Å². The van der Waals surface area contributed by atoms with Crippen molar-refractivity contribution in [2.75, 3.05) is 7.11 Å². The second-order valence-corrected chi connectivity index (χ2v) is 6.59. The van der Waals surface area contributed by atoms with Crippen LogP contribution >= 0.6 is 0 Å². The minimum Gasteiger partial charge on any atom is -0.495 e. The average Bonchev–Trinajstić information content (AvgIpc) is 3.41. The normalized spacial score (nSPS) is 11.1. The van der Waals surface area contributed by atoms with Gasteiger partial charge in [-0.05, 0) is 36.3 Å². The maximum absolute atomic E-state index is 5.56. The van der Waals surface area contributed by atoms with Crippen LogP contribution in [0.3, 0.4) is 0 Å². The van der Waals surface area contributed by atoms with Crippen molar-refractivity contribution in [1.82, 2.24) is 24.7 Å². The lowest BCUT2D eigenvalue weighted by molar-refractivity contribution is 0.413. The zero-order valence-corrected chi connectivity index (χ0v) is 16.3. The number of aromatic amines is 1. The van der Waals surface area contributed by atoms with Gasteiger partial charge in [-0.15, -0.1) is 10.2 Å². The molecule has 0 fully saturated rings. The first kappa shape index (κ1) is 18.4. The number of nitrogens with one attached hydrogen (secondary N) is 1. The highest BCUT2D eigenvalue weighted by molar-refractivity contribution is 5.75. The van der Waals surface area contributed by atoms with Crippen molar-refractivity contribution in [2.45, 2.75) is 6.92 Å². The Kier molecular flexibility index (Phi) is 5.07. The van der Waals surface area contributed by atoms with Gasteiger partial charge in [-0.3, -0.25) is 0 Å². The number of rotatable bonds is 6. The van der Waals surface area contributed by atoms with Crippen LogP contribution in [0.15, 0.2) is 67.6 Å². The predicted octanol–water partition coefficient (Wildman–Crippen LogP) is 4.54. The number of H-pyrrole nitrogens is 1. The van der Waals surface area contributed by atoms with Gasteiger partial charge in [-0.2, -0.15) is 0 Å². The highest BCUT2D eigenvalue weighted by Crippen LogP contribution is 2.25. The molecule has 0 saturated carbocycles. The highest BCUT2D eigenvalue weighted by Gasteiger charge is 2.08. The van der Waals surface area contributed by atoms with Crippen LogP contribution < -0.4 is 4.74 Å². The zero-order chi connectivity index (χ0) is 20.2. The Morgan fingerprint density at radius 3 is 2.66 bits per heavy atom. The molecule has 0 aliphatic heterocycles. The Morgan fingerprint density at radius 2 is 1.93 bits per heavy atom. The van der Waals surface area contributed by atoms with Gasteiger partial charge in [0.1, 0.15) is 5.75 Å². The summed E-state index contributed by atoms with van der Waals surface area (Å²) in [5.41, 5.74) is 4.69. The number of aromatic nitrogens is 5. The molecular formula is C23H21N5O. The molecule has 0 amide bonds. The molecule has 2 aromatic carbocycles. The third-order valence-corrected chi connectivity index (χ3v) is 4.54. The van der Waals surface area contributed by atoms with E-state index >= 15 is 0 Å². The summed E-state index contributed by atoms with van der Waals surface area (Å²) in [5, 5.41) is 8.39. The lowest BCUT2D eigenvalue weighted by Crippen LogP contribution is -1.95. The smallest absolute Gasteiger partial charge is 0.161 e. The van der Waals surface area contributed by atoms with E-state index < -0.39 is 0 Å². The van der Waals surface area contributed by atoms with E-state index in [-0.39, 0.29) is 0 Å². The molecule has 0 spiro atoms. The number of aryl methyl sites for hydroxylation is 1. The van der Waals surface area contributed by atoms with Crippen LogP contribution in [0.4, 0.5) is 0 Å². The van der Waals surface area contributed by atoms with Gasteiger partial charge >= 0.3 is 0 Å². The second kappa shape index (κ2) is 7.98. The van der Waals surface area contributed by atoms with Gasteiger partial charge in [-0.25, -0.2) is 4.98 Å². The summed E-state index contributed by atoms with van der Waals surface area (Å²) in [6, 6.07) is 15.9. The quantitative estimate of drug-likeness (QED) is 0.531. The van der Waals surface area contributed by atoms with E-state index in [4.69, 9.17) is 4.74 Å². The van der Waals surface area contributed by atoms with Crippen LogP contribution in [0.2, 0.25) is 0 Å². The van der Waals surface area contributed by atoms with Gasteiger partial charge in [0.05, 0.1) is 24.8 Å². The Hall–Kier alpha value is -3.93. The fourth-order valence-corrected chi connectivity index (χ4v) is 3.00. The number of imidazole rings is 1. The van der Waals surface area contributed by atoms with E-state index in [1.165, 1.54) is 0 Å². The summed E-state index contributed by atoms with van der Waals surface area (Å²) in [7, 11) is 1.66. The molecule has 4 rings (SSSR count). The molecule has 0 radical (unpaired) electrons. The molecule has 144 valence electrons. The Balaban J connectivity index is 1.54. The molecule has 0 atom stereocenters. The predicted molar refractivity (Wildman–Crippen MR) is 115 cm³/mol. The average molecular weight is 383 g/mol. The van der Waals surface area contributed by atoms with E-state index in [0.29, 0.717) is 11.6 Å². The van der Waals surface area contributed by atoms with Gasteiger partial charge in [-0.1, -0.05) is 49.1 Å². The van der Waals surface area contributed by atoms with Crippen molar-refractivity contribution in [3.05, 3.63) is 96.1 Å². The number of methoxy groups -OCH3 is 1. The third-order valence-electron chi connectivity index (χ3n) is 4.54. The molecule has 29 heavy (non-hydrogen) atoms. The lowest BCUT2D eigenvalue weighted by atomic mass is 10.1. The Labute approximate surface area is 169 Å². The van der Waals surface area contributed by atoms with E-state index in [0.717, 1.165) is 33.8 Å². The van der Waals surface area contributed by atoms with Crippen molar-refractivity contribution in [3.8, 4) is 11.4 Å². The minimum absolute atomic E-state index is 0.652. The largest absolute Gasteiger partial charge is 0.495 e. The number of hydrogen-bond acceptors (Lipinski definition) is 4. The lowest BCUT2D eigenvalue weighted by Gasteiger charge is -2.09. The molecule has 0 unspecified atom stereocenters. The van der Waals surface area contributed by atoms with Crippen LogP contribution in [0.1, 0.15) is 28.5 Å². The van der Waals surface area contributed by atoms with E-state index in [1.54, 1.807) is 13.4 Å². The molecule has 0 aliphatic rings. The molecule has 0 saturated heterocycles. The standard InChI is InChI=1S/C23H21N5O/c1-16-14-28(15-24-16)20-11-9-18(13-21(20)29-3)10-12-22-25-23(27-26-22)17(2)19-7-5-4-6-8-19/h4-15H,2H2,1,3H3,(H,25,26,27)/b12-10+. The molecule has 2 aromatic heterocycles. The summed E-state index contributed by atoms with van der Waals surface area (Å²) >= 11 is 0. The first-order chi connectivity index (χ1) is 14.1. The Morgan fingerprint density at radius 1 is 1.10 bits per heavy atom. The van der Waals surface area contributed by atoms with Crippen LogP contribution in [0, 0.1) is 6.92 Å². The van der Waals surface area contributed by atoms with Gasteiger partial charge in [0.2, 0.25) is 0 Å². The number of ether oxygens (including phenoxy) is 1.